The lowest BCUT2D eigenvalue weighted by Gasteiger charge is -2.33. The first-order valence-electron chi connectivity index (χ1n) is 8.79. The Balaban J connectivity index is 1.59. The van der Waals surface area contributed by atoms with Gasteiger partial charge in [-0.05, 0) is 26.2 Å². The Kier molecular flexibility index (Phi) is 5.06. The topological polar surface area (TPSA) is 87.0 Å². The normalized spacial score (nSPS) is 17.7. The van der Waals surface area contributed by atoms with Crippen LogP contribution >= 0.6 is 0 Å². The van der Waals surface area contributed by atoms with Gasteiger partial charge in [-0.1, -0.05) is 5.16 Å². The second-order valence-corrected chi connectivity index (χ2v) is 6.60. The highest BCUT2D eigenvalue weighted by Gasteiger charge is 2.33. The van der Waals surface area contributed by atoms with Gasteiger partial charge in [-0.3, -0.25) is 14.4 Å². The highest BCUT2D eigenvalue weighted by molar-refractivity contribution is 6.35. The summed E-state index contributed by atoms with van der Waals surface area (Å²) in [7, 11) is 1.68. The highest BCUT2D eigenvalue weighted by Crippen LogP contribution is 2.24. The van der Waals surface area contributed by atoms with Crippen molar-refractivity contribution in [3.63, 3.8) is 0 Å². The third-order valence-electron chi connectivity index (χ3n) is 4.95. The van der Waals surface area contributed by atoms with Gasteiger partial charge in [0.05, 0.1) is 6.54 Å². The van der Waals surface area contributed by atoms with Gasteiger partial charge in [0.25, 0.3) is 0 Å². The summed E-state index contributed by atoms with van der Waals surface area (Å²) < 4.78 is 5.37. The van der Waals surface area contributed by atoms with E-state index in [0.717, 1.165) is 42.7 Å². The lowest BCUT2D eigenvalue weighted by molar-refractivity contribution is -0.157. The fraction of sp³-hybridized carbons (Fsp3) is 0.647. The van der Waals surface area contributed by atoms with E-state index >= 15 is 0 Å². The molecule has 1 aliphatic carbocycles. The summed E-state index contributed by atoms with van der Waals surface area (Å²) in [4.78, 5) is 40.8. The molecule has 1 aliphatic heterocycles. The standard InChI is InChI=1S/C17H24N4O4/c1-3-20-8-9-21(17(24)16(20)23)11-15(22)19(2)10-13-12-6-4-5-7-14(12)25-18-13/h3-11H2,1-2H3. The van der Waals surface area contributed by atoms with Gasteiger partial charge >= 0.3 is 11.8 Å². The highest BCUT2D eigenvalue weighted by atomic mass is 16.5. The van der Waals surface area contributed by atoms with E-state index in [2.05, 4.69) is 5.16 Å². The number of fused-ring (bicyclic) bond motifs is 1. The van der Waals surface area contributed by atoms with Crippen molar-refractivity contribution >= 4 is 17.7 Å². The van der Waals surface area contributed by atoms with Crippen LogP contribution in [0, 0.1) is 0 Å². The average molecular weight is 348 g/mol. The van der Waals surface area contributed by atoms with Gasteiger partial charge in [-0.2, -0.15) is 0 Å². The average Bonchev–Trinajstić information content (AvgIpc) is 3.02. The Morgan fingerprint density at radius 3 is 2.60 bits per heavy atom. The molecular weight excluding hydrogens is 324 g/mol. The van der Waals surface area contributed by atoms with E-state index in [-0.39, 0.29) is 12.5 Å². The second-order valence-electron chi connectivity index (χ2n) is 6.60. The zero-order valence-electron chi connectivity index (χ0n) is 14.8. The number of aryl methyl sites for hydroxylation is 1. The summed E-state index contributed by atoms with van der Waals surface area (Å²) in [5.41, 5.74) is 1.91. The molecule has 0 radical (unpaired) electrons. The molecule has 1 saturated heterocycles. The first-order chi connectivity index (χ1) is 12.0. The quantitative estimate of drug-likeness (QED) is 0.710. The predicted molar refractivity (Wildman–Crippen MR) is 88.5 cm³/mol. The van der Waals surface area contributed by atoms with Crippen LogP contribution in [0.5, 0.6) is 0 Å². The summed E-state index contributed by atoms with van der Waals surface area (Å²) in [6, 6.07) is 0. The van der Waals surface area contributed by atoms with Crippen LogP contribution in [-0.2, 0) is 33.8 Å². The van der Waals surface area contributed by atoms with E-state index in [1.165, 1.54) is 14.7 Å². The molecule has 1 fully saturated rings. The molecule has 3 amide bonds. The number of likely N-dealkylation sites (N-methyl/N-ethyl adjacent to an activating group) is 2. The monoisotopic (exact) mass is 348 g/mol. The van der Waals surface area contributed by atoms with Gasteiger partial charge in [0, 0.05) is 38.7 Å². The molecule has 8 heteroatoms. The van der Waals surface area contributed by atoms with Crippen molar-refractivity contribution in [3.8, 4) is 0 Å². The Bertz CT molecular complexity index is 684. The lowest BCUT2D eigenvalue weighted by Crippen LogP contribution is -2.56. The summed E-state index contributed by atoms with van der Waals surface area (Å²) in [5, 5.41) is 4.10. The molecule has 8 nitrogen and oxygen atoms in total. The molecule has 1 aromatic heterocycles. The third kappa shape index (κ3) is 3.52. The smallest absolute Gasteiger partial charge is 0.312 e. The Hall–Kier alpha value is -2.38. The van der Waals surface area contributed by atoms with E-state index in [0.29, 0.717) is 26.2 Å². The number of nitrogens with zero attached hydrogens (tertiary/aromatic N) is 4. The van der Waals surface area contributed by atoms with Gasteiger partial charge in [0.15, 0.2) is 0 Å². The van der Waals surface area contributed by atoms with Crippen molar-refractivity contribution in [1.82, 2.24) is 19.9 Å². The fourth-order valence-corrected chi connectivity index (χ4v) is 3.34. The zero-order valence-corrected chi connectivity index (χ0v) is 14.8. The SMILES string of the molecule is CCN1CCN(CC(=O)N(C)Cc2noc3c2CCCC3)C(=O)C1=O. The number of amides is 3. The maximum absolute atomic E-state index is 12.5. The van der Waals surface area contributed by atoms with Crippen LogP contribution in [0.3, 0.4) is 0 Å². The summed E-state index contributed by atoms with van der Waals surface area (Å²) >= 11 is 0. The van der Waals surface area contributed by atoms with E-state index in [9.17, 15) is 14.4 Å². The number of piperazine rings is 1. The molecule has 25 heavy (non-hydrogen) atoms. The molecule has 2 aliphatic rings. The molecule has 1 aromatic rings. The van der Waals surface area contributed by atoms with Crippen LogP contribution < -0.4 is 0 Å². The predicted octanol–water partition coefficient (Wildman–Crippen LogP) is 0.203. The van der Waals surface area contributed by atoms with Crippen LogP contribution in [-0.4, -0.2) is 70.8 Å². The number of rotatable bonds is 5. The van der Waals surface area contributed by atoms with Crippen LogP contribution in [0.25, 0.3) is 0 Å². The molecular formula is C17H24N4O4. The Labute approximate surface area is 146 Å². The molecule has 0 bridgehead atoms. The minimum absolute atomic E-state index is 0.0847. The van der Waals surface area contributed by atoms with Crippen molar-refractivity contribution in [2.75, 3.05) is 33.2 Å². The van der Waals surface area contributed by atoms with E-state index in [1.54, 1.807) is 7.05 Å². The first-order valence-corrected chi connectivity index (χ1v) is 8.79. The van der Waals surface area contributed by atoms with Crippen LogP contribution in [0.1, 0.15) is 36.8 Å². The van der Waals surface area contributed by atoms with Gasteiger partial charge in [-0.15, -0.1) is 0 Å². The lowest BCUT2D eigenvalue weighted by atomic mass is 9.96. The van der Waals surface area contributed by atoms with Gasteiger partial charge in [0.2, 0.25) is 5.91 Å². The van der Waals surface area contributed by atoms with Crippen LogP contribution in [0.15, 0.2) is 4.52 Å². The number of hydrogen-bond acceptors (Lipinski definition) is 5. The Morgan fingerprint density at radius 2 is 1.84 bits per heavy atom. The fourth-order valence-electron chi connectivity index (χ4n) is 3.34. The molecule has 136 valence electrons. The number of aromatic nitrogens is 1. The Morgan fingerprint density at radius 1 is 1.16 bits per heavy atom. The van der Waals surface area contributed by atoms with Crippen molar-refractivity contribution in [1.29, 1.82) is 0 Å². The number of carbonyl (C=O) groups excluding carboxylic acids is 3. The second kappa shape index (κ2) is 7.25. The maximum Gasteiger partial charge on any atom is 0.312 e. The van der Waals surface area contributed by atoms with Gasteiger partial charge < -0.3 is 19.2 Å². The molecule has 0 spiro atoms. The van der Waals surface area contributed by atoms with Crippen molar-refractivity contribution in [2.45, 2.75) is 39.2 Å². The number of hydrogen-bond donors (Lipinski definition) is 0. The molecule has 3 rings (SSSR count). The zero-order chi connectivity index (χ0) is 18.0. The minimum atomic E-state index is -0.603. The van der Waals surface area contributed by atoms with E-state index in [4.69, 9.17) is 4.52 Å². The maximum atomic E-state index is 12.5. The number of carbonyl (C=O) groups is 3. The van der Waals surface area contributed by atoms with Gasteiger partial charge in [0.1, 0.15) is 18.0 Å². The van der Waals surface area contributed by atoms with Crippen LogP contribution in [0.4, 0.5) is 0 Å². The molecule has 0 saturated carbocycles. The molecule has 0 unspecified atom stereocenters. The van der Waals surface area contributed by atoms with Crippen molar-refractivity contribution in [3.05, 3.63) is 17.0 Å². The molecule has 0 N–H and O–H groups in total. The molecule has 2 heterocycles. The summed E-state index contributed by atoms with van der Waals surface area (Å²) in [6.07, 6.45) is 4.05. The van der Waals surface area contributed by atoms with E-state index in [1.807, 2.05) is 6.92 Å². The first kappa shape index (κ1) is 17.4. The van der Waals surface area contributed by atoms with Crippen molar-refractivity contribution in [2.24, 2.45) is 0 Å². The van der Waals surface area contributed by atoms with E-state index < -0.39 is 11.8 Å². The minimum Gasteiger partial charge on any atom is -0.361 e. The van der Waals surface area contributed by atoms with Crippen molar-refractivity contribution < 1.29 is 18.9 Å². The third-order valence-corrected chi connectivity index (χ3v) is 4.95. The van der Waals surface area contributed by atoms with Gasteiger partial charge in [-0.25, -0.2) is 0 Å². The molecule has 0 atom stereocenters. The molecule has 0 aromatic carbocycles. The largest absolute Gasteiger partial charge is 0.361 e. The summed E-state index contributed by atoms with van der Waals surface area (Å²) in [6.45, 7) is 3.46. The van der Waals surface area contributed by atoms with Crippen LogP contribution in [0.2, 0.25) is 0 Å². The summed E-state index contributed by atoms with van der Waals surface area (Å²) in [5.74, 6) is -0.416.